The molecule has 0 atom stereocenters. The number of benzene rings is 3. The molecule has 0 bridgehead atoms. The van der Waals surface area contributed by atoms with Crippen LogP contribution in [0.15, 0.2) is 71.9 Å². The molecule has 0 fully saturated rings. The molecule has 7 heteroatoms. The number of fused-ring (bicyclic) bond motifs is 1. The van der Waals surface area contributed by atoms with E-state index in [4.69, 9.17) is 4.74 Å². The van der Waals surface area contributed by atoms with Crippen molar-refractivity contribution in [2.24, 2.45) is 0 Å². The van der Waals surface area contributed by atoms with Crippen LogP contribution in [0.1, 0.15) is 28.4 Å². The Balaban J connectivity index is 1.52. The molecule has 0 saturated heterocycles. The van der Waals surface area contributed by atoms with E-state index in [0.717, 1.165) is 11.1 Å². The lowest BCUT2D eigenvalue weighted by atomic mass is 10.1. The van der Waals surface area contributed by atoms with Crippen LogP contribution in [0.5, 0.6) is 5.75 Å². The fourth-order valence-corrected chi connectivity index (χ4v) is 4.37. The van der Waals surface area contributed by atoms with Gasteiger partial charge < -0.3 is 14.6 Å². The molecule has 164 valence electrons. The molecule has 5 nitrogen and oxygen atoms in total. The number of aromatic nitrogens is 2. The third kappa shape index (κ3) is 4.94. The Morgan fingerprint density at radius 2 is 1.94 bits per heavy atom. The molecular formula is C25H24FN3O2S. The monoisotopic (exact) mass is 449 g/mol. The van der Waals surface area contributed by atoms with Gasteiger partial charge in [0.2, 0.25) is 0 Å². The van der Waals surface area contributed by atoms with Gasteiger partial charge in [0.15, 0.2) is 5.16 Å². The van der Waals surface area contributed by atoms with Gasteiger partial charge in [-0.2, -0.15) is 0 Å². The number of imidazole rings is 1. The normalized spacial score (nSPS) is 11.0. The maximum atomic E-state index is 13.4. The van der Waals surface area contributed by atoms with Crippen molar-refractivity contribution in [3.8, 4) is 5.75 Å². The third-order valence-electron chi connectivity index (χ3n) is 5.20. The lowest BCUT2D eigenvalue weighted by Gasteiger charge is -2.22. The SMILES string of the molecule is CCN(Cc1ccccc1)C(=O)c1ccc(OC)c(CSc2nc3ccc(F)cc3[nH]2)c1. The Labute approximate surface area is 190 Å². The van der Waals surface area contributed by atoms with Crippen molar-refractivity contribution in [2.75, 3.05) is 13.7 Å². The van der Waals surface area contributed by atoms with Gasteiger partial charge in [-0.05, 0) is 48.9 Å². The van der Waals surface area contributed by atoms with E-state index in [-0.39, 0.29) is 11.7 Å². The van der Waals surface area contributed by atoms with Gasteiger partial charge in [-0.15, -0.1) is 0 Å². The largest absolute Gasteiger partial charge is 0.496 e. The summed E-state index contributed by atoms with van der Waals surface area (Å²) in [5, 5.41) is 0.684. The van der Waals surface area contributed by atoms with E-state index in [1.807, 2.05) is 54.3 Å². The predicted octanol–water partition coefficient (Wildman–Crippen LogP) is 5.67. The van der Waals surface area contributed by atoms with Crippen molar-refractivity contribution in [1.29, 1.82) is 0 Å². The predicted molar refractivity (Wildman–Crippen MR) is 125 cm³/mol. The van der Waals surface area contributed by atoms with E-state index in [2.05, 4.69) is 9.97 Å². The Bertz CT molecular complexity index is 1230. The highest BCUT2D eigenvalue weighted by atomic mass is 32.2. The number of hydrogen-bond acceptors (Lipinski definition) is 4. The van der Waals surface area contributed by atoms with Crippen molar-refractivity contribution in [2.45, 2.75) is 24.4 Å². The van der Waals surface area contributed by atoms with Crippen LogP contribution >= 0.6 is 11.8 Å². The zero-order valence-corrected chi connectivity index (χ0v) is 18.8. The van der Waals surface area contributed by atoms with Gasteiger partial charge in [-0.1, -0.05) is 42.1 Å². The summed E-state index contributed by atoms with van der Waals surface area (Å²) in [4.78, 5) is 22.6. The number of rotatable bonds is 8. The molecule has 0 saturated carbocycles. The van der Waals surface area contributed by atoms with E-state index in [1.165, 1.54) is 23.9 Å². The number of methoxy groups -OCH3 is 1. The number of carbonyl (C=O) groups excluding carboxylic acids is 1. The molecule has 0 aliphatic rings. The smallest absolute Gasteiger partial charge is 0.254 e. The van der Waals surface area contributed by atoms with E-state index < -0.39 is 0 Å². The lowest BCUT2D eigenvalue weighted by molar-refractivity contribution is 0.0752. The summed E-state index contributed by atoms with van der Waals surface area (Å²) in [5.74, 6) is 0.936. The van der Waals surface area contributed by atoms with Gasteiger partial charge in [-0.25, -0.2) is 9.37 Å². The molecule has 1 amide bonds. The number of hydrogen-bond donors (Lipinski definition) is 1. The first-order valence-corrected chi connectivity index (χ1v) is 11.3. The minimum absolute atomic E-state index is 0.0236. The molecule has 1 aromatic heterocycles. The van der Waals surface area contributed by atoms with Crippen LogP contribution in [-0.4, -0.2) is 34.4 Å². The third-order valence-corrected chi connectivity index (χ3v) is 6.12. The number of halogens is 1. The minimum atomic E-state index is -0.304. The van der Waals surface area contributed by atoms with Crippen molar-refractivity contribution in [3.05, 3.63) is 89.2 Å². The minimum Gasteiger partial charge on any atom is -0.496 e. The number of thioether (sulfide) groups is 1. The fraction of sp³-hybridized carbons (Fsp3) is 0.200. The standard InChI is InChI=1S/C25H24FN3O2S/c1-3-29(15-17-7-5-4-6-8-17)24(30)18-9-12-23(31-2)19(13-18)16-32-25-27-21-11-10-20(26)14-22(21)28-25/h4-14H,3,15-16H2,1-2H3,(H,27,28). The van der Waals surface area contributed by atoms with Crippen LogP contribution in [0.2, 0.25) is 0 Å². The molecule has 0 aliphatic heterocycles. The van der Waals surface area contributed by atoms with Crippen molar-refractivity contribution >= 4 is 28.7 Å². The first-order chi connectivity index (χ1) is 15.6. The number of nitrogens with one attached hydrogen (secondary N) is 1. The molecule has 0 radical (unpaired) electrons. The highest BCUT2D eigenvalue weighted by molar-refractivity contribution is 7.98. The maximum absolute atomic E-state index is 13.4. The number of amides is 1. The Hall–Kier alpha value is -3.32. The van der Waals surface area contributed by atoms with Gasteiger partial charge in [0.25, 0.3) is 5.91 Å². The van der Waals surface area contributed by atoms with Gasteiger partial charge in [0.1, 0.15) is 11.6 Å². The highest BCUT2D eigenvalue weighted by Gasteiger charge is 2.17. The first-order valence-electron chi connectivity index (χ1n) is 10.4. The first kappa shape index (κ1) is 21.9. The van der Waals surface area contributed by atoms with Crippen LogP contribution in [0.25, 0.3) is 11.0 Å². The second kappa shape index (κ2) is 9.87. The van der Waals surface area contributed by atoms with E-state index >= 15 is 0 Å². The summed E-state index contributed by atoms with van der Waals surface area (Å²) in [6, 6.07) is 19.9. The molecule has 0 spiro atoms. The highest BCUT2D eigenvalue weighted by Crippen LogP contribution is 2.29. The summed E-state index contributed by atoms with van der Waals surface area (Å²) in [6.45, 7) is 3.15. The molecule has 0 aliphatic carbocycles. The zero-order valence-electron chi connectivity index (χ0n) is 18.0. The van der Waals surface area contributed by atoms with E-state index in [0.29, 0.717) is 46.3 Å². The van der Waals surface area contributed by atoms with Crippen LogP contribution < -0.4 is 4.74 Å². The summed E-state index contributed by atoms with van der Waals surface area (Å²) in [6.07, 6.45) is 0. The van der Waals surface area contributed by atoms with Crippen molar-refractivity contribution < 1.29 is 13.9 Å². The van der Waals surface area contributed by atoms with Gasteiger partial charge in [0.05, 0.1) is 18.1 Å². The van der Waals surface area contributed by atoms with Gasteiger partial charge in [0, 0.05) is 30.0 Å². The molecule has 32 heavy (non-hydrogen) atoms. The average molecular weight is 450 g/mol. The number of aromatic amines is 1. The molecule has 1 N–H and O–H groups in total. The van der Waals surface area contributed by atoms with E-state index in [9.17, 15) is 9.18 Å². The number of carbonyl (C=O) groups is 1. The zero-order chi connectivity index (χ0) is 22.5. The lowest BCUT2D eigenvalue weighted by Crippen LogP contribution is -2.30. The Kier molecular flexibility index (Phi) is 6.75. The number of nitrogens with zero attached hydrogens (tertiary/aromatic N) is 2. The van der Waals surface area contributed by atoms with E-state index in [1.54, 1.807) is 19.2 Å². The van der Waals surface area contributed by atoms with Crippen LogP contribution in [0.3, 0.4) is 0 Å². The average Bonchev–Trinajstić information content (AvgIpc) is 3.23. The summed E-state index contributed by atoms with van der Waals surface area (Å²) >= 11 is 1.48. The molecule has 4 aromatic rings. The quantitative estimate of drug-likeness (QED) is 0.352. The van der Waals surface area contributed by atoms with Crippen LogP contribution in [0, 0.1) is 5.82 Å². The van der Waals surface area contributed by atoms with Crippen molar-refractivity contribution in [1.82, 2.24) is 14.9 Å². The topological polar surface area (TPSA) is 58.2 Å². The molecule has 4 rings (SSSR count). The molecule has 1 heterocycles. The second-order valence-electron chi connectivity index (χ2n) is 7.32. The Morgan fingerprint density at radius 1 is 1.12 bits per heavy atom. The Morgan fingerprint density at radius 3 is 2.69 bits per heavy atom. The number of ether oxygens (including phenoxy) is 1. The van der Waals surface area contributed by atoms with Crippen molar-refractivity contribution in [3.63, 3.8) is 0 Å². The second-order valence-corrected chi connectivity index (χ2v) is 8.29. The van der Waals surface area contributed by atoms with Crippen LogP contribution in [0.4, 0.5) is 4.39 Å². The maximum Gasteiger partial charge on any atom is 0.254 e. The van der Waals surface area contributed by atoms with Gasteiger partial charge in [-0.3, -0.25) is 4.79 Å². The summed E-state index contributed by atoms with van der Waals surface area (Å²) < 4.78 is 18.9. The summed E-state index contributed by atoms with van der Waals surface area (Å²) in [7, 11) is 1.61. The van der Waals surface area contributed by atoms with Crippen LogP contribution in [-0.2, 0) is 12.3 Å². The molecule has 0 unspecified atom stereocenters. The summed E-state index contributed by atoms with van der Waals surface area (Å²) in [5.41, 5.74) is 3.97. The number of H-pyrrole nitrogens is 1. The fourth-order valence-electron chi connectivity index (χ4n) is 3.51. The van der Waals surface area contributed by atoms with Gasteiger partial charge >= 0.3 is 0 Å². The molecule has 3 aromatic carbocycles. The molecular weight excluding hydrogens is 425 g/mol.